The van der Waals surface area contributed by atoms with Crippen LogP contribution in [0.3, 0.4) is 0 Å². The molecule has 0 saturated carbocycles. The van der Waals surface area contributed by atoms with Gasteiger partial charge in [-0.15, -0.1) is 0 Å². The molecule has 1 aliphatic heterocycles. The highest BCUT2D eigenvalue weighted by Crippen LogP contribution is 2.18. The number of rotatable bonds is 4. The van der Waals surface area contributed by atoms with E-state index in [1.54, 1.807) is 13.8 Å². The lowest BCUT2D eigenvalue weighted by atomic mass is 10.4. The number of hydrogen-bond donors (Lipinski definition) is 2. The average molecular weight is 219 g/mol. The summed E-state index contributed by atoms with van der Waals surface area (Å²) in [5, 5.41) is 0. The molecule has 0 spiro atoms. The van der Waals surface area contributed by atoms with Crippen LogP contribution < -0.4 is 0 Å². The number of carbonyl (C=O) groups excluding carboxylic acids is 1. The average Bonchev–Trinajstić information content (AvgIpc) is 2.50. The maximum Gasteiger partial charge on any atom is 0.519 e. The summed E-state index contributed by atoms with van der Waals surface area (Å²) < 4.78 is 4.91. The highest BCUT2D eigenvalue weighted by atomic mass is 28.4. The third kappa shape index (κ3) is 2.33. The van der Waals surface area contributed by atoms with E-state index in [4.69, 9.17) is 4.43 Å². The fourth-order valence-electron chi connectivity index (χ4n) is 1.61. The van der Waals surface area contributed by atoms with E-state index in [1.807, 2.05) is 0 Å². The monoisotopic (exact) mass is 219 g/mol. The van der Waals surface area contributed by atoms with Crippen LogP contribution in [-0.2, 0) is 9.22 Å². The van der Waals surface area contributed by atoms with E-state index in [1.165, 1.54) is 4.90 Å². The Kier molecular flexibility index (Phi) is 3.65. The molecule has 82 valence electrons. The van der Waals surface area contributed by atoms with Crippen molar-refractivity contribution in [3.8, 4) is 0 Å². The molecule has 0 radical (unpaired) electrons. The molecule has 0 aromatic carbocycles. The Hall–Kier alpha value is -0.433. The summed E-state index contributed by atoms with van der Waals surface area (Å²) in [6.45, 7) is 4.19. The first-order chi connectivity index (χ1) is 6.49. The smallest absolute Gasteiger partial charge is 0.389 e. The number of amides is 1. The third-order valence-electron chi connectivity index (χ3n) is 2.48. The molecule has 1 heterocycles. The van der Waals surface area contributed by atoms with Crippen molar-refractivity contribution < 1.29 is 18.8 Å². The Bertz CT molecular complexity index is 221. The van der Waals surface area contributed by atoms with E-state index in [2.05, 4.69) is 0 Å². The van der Waals surface area contributed by atoms with Crippen LogP contribution in [0.2, 0.25) is 0 Å². The molecule has 1 saturated heterocycles. The highest BCUT2D eigenvalue weighted by molar-refractivity contribution is 6.59. The van der Waals surface area contributed by atoms with Gasteiger partial charge in [-0.05, 0) is 20.3 Å². The standard InChI is InChI=1S/C8H17NO4Si/c1-3-13-14(11,12)7(2)9-6-4-5-8(9)10/h7,11-12H,3-6H2,1-2H3. The van der Waals surface area contributed by atoms with Crippen molar-refractivity contribution in [3.05, 3.63) is 0 Å². The molecule has 1 aliphatic rings. The zero-order valence-electron chi connectivity index (χ0n) is 8.56. The van der Waals surface area contributed by atoms with E-state index < -0.39 is 14.5 Å². The normalized spacial score (nSPS) is 20.3. The lowest BCUT2D eigenvalue weighted by Crippen LogP contribution is -2.58. The maximum atomic E-state index is 11.3. The minimum Gasteiger partial charge on any atom is -0.389 e. The van der Waals surface area contributed by atoms with Crippen molar-refractivity contribution in [2.75, 3.05) is 13.2 Å². The Morgan fingerprint density at radius 3 is 2.71 bits per heavy atom. The fourth-order valence-corrected chi connectivity index (χ4v) is 2.96. The molecular formula is C8H17NO4Si. The van der Waals surface area contributed by atoms with E-state index in [9.17, 15) is 14.4 Å². The Labute approximate surface area is 84.7 Å². The summed E-state index contributed by atoms with van der Waals surface area (Å²) in [4.78, 5) is 32.1. The quantitative estimate of drug-likeness (QED) is 0.625. The first-order valence-corrected chi connectivity index (χ1v) is 6.75. The van der Waals surface area contributed by atoms with Crippen molar-refractivity contribution in [1.29, 1.82) is 0 Å². The second-order valence-electron chi connectivity index (χ2n) is 3.46. The van der Waals surface area contributed by atoms with Gasteiger partial charge in [-0.3, -0.25) is 4.79 Å². The minimum atomic E-state index is -3.71. The summed E-state index contributed by atoms with van der Waals surface area (Å²) in [7, 11) is -3.71. The summed E-state index contributed by atoms with van der Waals surface area (Å²) >= 11 is 0. The molecular weight excluding hydrogens is 202 g/mol. The van der Waals surface area contributed by atoms with E-state index in [-0.39, 0.29) is 12.5 Å². The molecule has 6 heteroatoms. The van der Waals surface area contributed by atoms with Gasteiger partial charge in [0.2, 0.25) is 5.91 Å². The third-order valence-corrected chi connectivity index (χ3v) is 4.59. The van der Waals surface area contributed by atoms with Crippen molar-refractivity contribution in [3.63, 3.8) is 0 Å². The lowest BCUT2D eigenvalue weighted by molar-refractivity contribution is -0.129. The van der Waals surface area contributed by atoms with Gasteiger partial charge in [0.25, 0.3) is 0 Å². The first kappa shape index (κ1) is 11.6. The van der Waals surface area contributed by atoms with Crippen molar-refractivity contribution in [1.82, 2.24) is 4.90 Å². The van der Waals surface area contributed by atoms with Gasteiger partial charge >= 0.3 is 8.80 Å². The van der Waals surface area contributed by atoms with Crippen molar-refractivity contribution >= 4 is 14.7 Å². The van der Waals surface area contributed by atoms with Gasteiger partial charge in [0, 0.05) is 19.6 Å². The molecule has 1 fully saturated rings. The van der Waals surface area contributed by atoms with Gasteiger partial charge in [0.15, 0.2) is 0 Å². The molecule has 1 atom stereocenters. The molecule has 1 rings (SSSR count). The molecule has 5 nitrogen and oxygen atoms in total. The van der Waals surface area contributed by atoms with E-state index >= 15 is 0 Å². The molecule has 1 amide bonds. The van der Waals surface area contributed by atoms with Crippen LogP contribution in [0.1, 0.15) is 26.7 Å². The van der Waals surface area contributed by atoms with E-state index in [0.717, 1.165) is 6.42 Å². The molecule has 2 N–H and O–H groups in total. The number of hydrogen-bond acceptors (Lipinski definition) is 4. The zero-order chi connectivity index (χ0) is 10.8. The fraction of sp³-hybridized carbons (Fsp3) is 0.875. The second kappa shape index (κ2) is 4.39. The minimum absolute atomic E-state index is 0.0165. The SMILES string of the molecule is CCO[Si](O)(O)C(C)N1CCCC1=O. The van der Waals surface area contributed by atoms with Crippen LogP contribution in [0.5, 0.6) is 0 Å². The summed E-state index contributed by atoms with van der Waals surface area (Å²) in [6, 6.07) is 0. The van der Waals surface area contributed by atoms with Gasteiger partial charge in [-0.1, -0.05) is 0 Å². The highest BCUT2D eigenvalue weighted by Gasteiger charge is 2.45. The number of nitrogens with zero attached hydrogens (tertiary/aromatic N) is 1. The largest absolute Gasteiger partial charge is 0.519 e. The number of likely N-dealkylation sites (tertiary alicyclic amines) is 1. The van der Waals surface area contributed by atoms with Crippen LogP contribution in [0.25, 0.3) is 0 Å². The first-order valence-electron chi connectivity index (χ1n) is 4.87. The topological polar surface area (TPSA) is 70.0 Å². The predicted molar refractivity (Wildman–Crippen MR) is 52.2 cm³/mol. The summed E-state index contributed by atoms with van der Waals surface area (Å²) in [5.74, 6) is -0.0165. The van der Waals surface area contributed by atoms with Gasteiger partial charge in [-0.25, -0.2) is 0 Å². The second-order valence-corrected chi connectivity index (χ2v) is 5.90. The summed E-state index contributed by atoms with van der Waals surface area (Å²) in [6.07, 6.45) is 1.29. The molecule has 0 aliphatic carbocycles. The maximum absolute atomic E-state index is 11.3. The number of carbonyl (C=O) groups is 1. The van der Waals surface area contributed by atoms with Crippen LogP contribution in [0, 0.1) is 0 Å². The van der Waals surface area contributed by atoms with E-state index in [0.29, 0.717) is 13.0 Å². The van der Waals surface area contributed by atoms with Gasteiger partial charge in [0.05, 0.1) is 5.67 Å². The predicted octanol–water partition coefficient (Wildman–Crippen LogP) is -0.504. The van der Waals surface area contributed by atoms with Crippen molar-refractivity contribution in [2.24, 2.45) is 0 Å². The van der Waals surface area contributed by atoms with Crippen molar-refractivity contribution in [2.45, 2.75) is 32.4 Å². The Balaban J connectivity index is 2.63. The molecule has 0 bridgehead atoms. The Morgan fingerprint density at radius 1 is 1.64 bits per heavy atom. The molecule has 0 aromatic heterocycles. The van der Waals surface area contributed by atoms with Crippen LogP contribution in [0.4, 0.5) is 0 Å². The summed E-state index contributed by atoms with van der Waals surface area (Å²) in [5.41, 5.74) is -0.586. The van der Waals surface area contributed by atoms with Crippen LogP contribution in [-0.4, -0.2) is 48.0 Å². The Morgan fingerprint density at radius 2 is 2.29 bits per heavy atom. The van der Waals surface area contributed by atoms with Gasteiger partial charge in [0.1, 0.15) is 0 Å². The molecule has 1 unspecified atom stereocenters. The lowest BCUT2D eigenvalue weighted by Gasteiger charge is -2.30. The van der Waals surface area contributed by atoms with Gasteiger partial charge in [-0.2, -0.15) is 0 Å². The zero-order valence-corrected chi connectivity index (χ0v) is 9.56. The van der Waals surface area contributed by atoms with Gasteiger partial charge < -0.3 is 18.9 Å². The molecule has 14 heavy (non-hydrogen) atoms. The van der Waals surface area contributed by atoms with Crippen LogP contribution in [0.15, 0.2) is 0 Å². The molecule has 0 aromatic rings. The van der Waals surface area contributed by atoms with Crippen LogP contribution >= 0.6 is 0 Å².